The van der Waals surface area contributed by atoms with E-state index in [9.17, 15) is 13.5 Å². The lowest BCUT2D eigenvalue weighted by Crippen LogP contribution is -2.32. The Morgan fingerprint density at radius 1 is 1.27 bits per heavy atom. The van der Waals surface area contributed by atoms with E-state index in [2.05, 4.69) is 4.90 Å². The molecule has 0 saturated carbocycles. The van der Waals surface area contributed by atoms with E-state index in [1.54, 1.807) is 6.07 Å². The van der Waals surface area contributed by atoms with Gasteiger partial charge in [0.05, 0.1) is 19.2 Å². The number of aliphatic hydroxyl groups excluding tert-OH is 1. The van der Waals surface area contributed by atoms with Crippen LogP contribution in [0.15, 0.2) is 23.1 Å². The van der Waals surface area contributed by atoms with E-state index >= 15 is 0 Å². The lowest BCUT2D eigenvalue weighted by molar-refractivity contribution is 0.215. The van der Waals surface area contributed by atoms with Gasteiger partial charge in [-0.2, -0.15) is 4.31 Å². The second kappa shape index (κ2) is 5.11. The Balaban J connectivity index is 1.75. The second-order valence-electron chi connectivity index (χ2n) is 6.19. The van der Waals surface area contributed by atoms with Crippen molar-refractivity contribution in [2.45, 2.75) is 36.3 Å². The molecule has 0 aromatic heterocycles. The molecule has 3 aliphatic heterocycles. The summed E-state index contributed by atoms with van der Waals surface area (Å²) >= 11 is 0. The highest BCUT2D eigenvalue weighted by molar-refractivity contribution is 7.89. The van der Waals surface area contributed by atoms with Gasteiger partial charge in [-0.3, -0.25) is 0 Å². The Labute approximate surface area is 130 Å². The smallest absolute Gasteiger partial charge is 0.246 e. The molecule has 1 aromatic carbocycles. The van der Waals surface area contributed by atoms with Gasteiger partial charge in [0.15, 0.2) is 0 Å². The standard InChI is InChI=1S/C15H20N2O4S/c18-10-12-2-1-6-17(12)11-3-4-15-14(8-11)21-13-5-7-16(9-13)22(15,19)20/h3-4,8,12-13,18H,1-2,5-7,9-10H2/t12-,13-/m0/s1. The number of ether oxygens (including phenoxy) is 1. The number of sulfonamides is 1. The van der Waals surface area contributed by atoms with E-state index in [1.165, 1.54) is 4.31 Å². The van der Waals surface area contributed by atoms with Crippen LogP contribution in [-0.4, -0.2) is 56.2 Å². The zero-order valence-electron chi connectivity index (χ0n) is 12.3. The normalized spacial score (nSPS) is 32.4. The van der Waals surface area contributed by atoms with Crippen molar-refractivity contribution in [1.29, 1.82) is 0 Å². The molecule has 0 spiro atoms. The summed E-state index contributed by atoms with van der Waals surface area (Å²) in [4.78, 5) is 2.40. The van der Waals surface area contributed by atoms with Gasteiger partial charge in [0, 0.05) is 24.8 Å². The third-order valence-electron chi connectivity index (χ3n) is 4.87. The molecule has 3 aliphatic rings. The van der Waals surface area contributed by atoms with Crippen molar-refractivity contribution >= 4 is 15.7 Å². The molecule has 22 heavy (non-hydrogen) atoms. The van der Waals surface area contributed by atoms with Gasteiger partial charge in [0.25, 0.3) is 0 Å². The van der Waals surface area contributed by atoms with Crippen LogP contribution >= 0.6 is 0 Å². The zero-order chi connectivity index (χ0) is 15.3. The average Bonchev–Trinajstić information content (AvgIpc) is 3.13. The van der Waals surface area contributed by atoms with Crippen LogP contribution in [0.3, 0.4) is 0 Å². The van der Waals surface area contributed by atoms with E-state index in [1.807, 2.05) is 12.1 Å². The molecular weight excluding hydrogens is 304 g/mol. The number of fused-ring (bicyclic) bond motifs is 3. The highest BCUT2D eigenvalue weighted by Gasteiger charge is 2.39. The molecular formula is C15H20N2O4S. The minimum atomic E-state index is -3.45. The van der Waals surface area contributed by atoms with Gasteiger partial charge in [-0.1, -0.05) is 0 Å². The van der Waals surface area contributed by atoms with Crippen LogP contribution in [0, 0.1) is 0 Å². The van der Waals surface area contributed by atoms with E-state index < -0.39 is 10.0 Å². The first kappa shape index (κ1) is 14.3. The van der Waals surface area contributed by atoms with Crippen molar-refractivity contribution in [2.24, 2.45) is 0 Å². The SMILES string of the molecule is O=S1(=O)c2ccc(N3CCC[C@H]3CO)cc2O[C@H]2CCN1C2. The number of anilines is 1. The first-order chi connectivity index (χ1) is 10.6. The van der Waals surface area contributed by atoms with Gasteiger partial charge in [-0.05, 0) is 31.4 Å². The predicted molar refractivity (Wildman–Crippen MR) is 81.7 cm³/mol. The molecule has 1 aromatic rings. The molecule has 2 saturated heterocycles. The third kappa shape index (κ3) is 2.11. The Hall–Kier alpha value is -1.31. The van der Waals surface area contributed by atoms with Gasteiger partial charge in [-0.25, -0.2) is 8.42 Å². The third-order valence-corrected chi connectivity index (χ3v) is 6.77. The fourth-order valence-corrected chi connectivity index (χ4v) is 5.26. The van der Waals surface area contributed by atoms with E-state index in [-0.39, 0.29) is 23.6 Å². The monoisotopic (exact) mass is 324 g/mol. The van der Waals surface area contributed by atoms with Gasteiger partial charge >= 0.3 is 0 Å². The van der Waals surface area contributed by atoms with Gasteiger partial charge in [0.2, 0.25) is 10.0 Å². The maximum atomic E-state index is 12.6. The Kier molecular flexibility index (Phi) is 3.32. The lowest BCUT2D eigenvalue weighted by Gasteiger charge is -2.26. The van der Waals surface area contributed by atoms with Crippen LogP contribution in [0.2, 0.25) is 0 Å². The van der Waals surface area contributed by atoms with Gasteiger partial charge in [0.1, 0.15) is 16.7 Å². The summed E-state index contributed by atoms with van der Waals surface area (Å²) in [6, 6.07) is 5.41. The molecule has 3 atom stereocenters. The summed E-state index contributed by atoms with van der Waals surface area (Å²) < 4.78 is 32.7. The number of nitrogens with zero attached hydrogens (tertiary/aromatic N) is 2. The van der Waals surface area contributed by atoms with Crippen molar-refractivity contribution in [2.75, 3.05) is 31.1 Å². The number of rotatable bonds is 2. The summed E-state index contributed by atoms with van der Waals surface area (Å²) in [6.45, 7) is 1.97. The molecule has 120 valence electrons. The van der Waals surface area contributed by atoms with Crippen molar-refractivity contribution in [3.05, 3.63) is 18.2 Å². The quantitative estimate of drug-likeness (QED) is 0.871. The lowest BCUT2D eigenvalue weighted by atomic mass is 10.2. The molecule has 2 fully saturated rings. The minimum Gasteiger partial charge on any atom is -0.487 e. The number of benzene rings is 1. The van der Waals surface area contributed by atoms with Crippen LogP contribution in [0.1, 0.15) is 19.3 Å². The largest absolute Gasteiger partial charge is 0.487 e. The number of hydrogen-bond donors (Lipinski definition) is 1. The molecule has 4 rings (SSSR count). The molecule has 2 bridgehead atoms. The molecule has 0 aliphatic carbocycles. The molecule has 1 unspecified atom stereocenters. The molecule has 0 radical (unpaired) electrons. The van der Waals surface area contributed by atoms with Gasteiger partial charge in [-0.15, -0.1) is 0 Å². The summed E-state index contributed by atoms with van der Waals surface area (Å²) in [5, 5.41) is 9.47. The van der Waals surface area contributed by atoms with E-state index in [0.717, 1.165) is 31.5 Å². The first-order valence-electron chi connectivity index (χ1n) is 7.78. The molecule has 7 heteroatoms. The molecule has 6 nitrogen and oxygen atoms in total. The van der Waals surface area contributed by atoms with Crippen molar-refractivity contribution < 1.29 is 18.3 Å². The minimum absolute atomic E-state index is 0.0570. The Bertz CT molecular complexity index is 691. The molecule has 0 amide bonds. The summed E-state index contributed by atoms with van der Waals surface area (Å²) in [5.74, 6) is 0.452. The summed E-state index contributed by atoms with van der Waals surface area (Å²) in [6.07, 6.45) is 2.69. The highest BCUT2D eigenvalue weighted by atomic mass is 32.2. The van der Waals surface area contributed by atoms with E-state index in [0.29, 0.717) is 18.8 Å². The Morgan fingerprint density at radius 2 is 2.14 bits per heavy atom. The van der Waals surface area contributed by atoms with Crippen molar-refractivity contribution in [3.63, 3.8) is 0 Å². The highest BCUT2D eigenvalue weighted by Crippen LogP contribution is 2.38. The summed E-state index contributed by atoms with van der Waals surface area (Å²) in [7, 11) is -3.45. The zero-order valence-corrected chi connectivity index (χ0v) is 13.1. The van der Waals surface area contributed by atoms with Crippen LogP contribution in [0.5, 0.6) is 5.75 Å². The van der Waals surface area contributed by atoms with Crippen LogP contribution in [0.25, 0.3) is 0 Å². The maximum Gasteiger partial charge on any atom is 0.246 e. The van der Waals surface area contributed by atoms with Crippen molar-refractivity contribution in [1.82, 2.24) is 4.31 Å². The first-order valence-corrected chi connectivity index (χ1v) is 9.22. The average molecular weight is 324 g/mol. The number of aliphatic hydroxyl groups is 1. The maximum absolute atomic E-state index is 12.6. The second-order valence-corrected chi connectivity index (χ2v) is 8.10. The topological polar surface area (TPSA) is 70.1 Å². The fourth-order valence-electron chi connectivity index (χ4n) is 3.68. The van der Waals surface area contributed by atoms with Crippen molar-refractivity contribution in [3.8, 4) is 5.75 Å². The van der Waals surface area contributed by atoms with Crippen LogP contribution in [0.4, 0.5) is 5.69 Å². The fraction of sp³-hybridized carbons (Fsp3) is 0.600. The predicted octanol–water partition coefficient (Wildman–Crippen LogP) is 0.803. The van der Waals surface area contributed by atoms with E-state index in [4.69, 9.17) is 4.74 Å². The molecule has 1 N–H and O–H groups in total. The molecule has 3 heterocycles. The number of hydrogen-bond acceptors (Lipinski definition) is 5. The van der Waals surface area contributed by atoms with Gasteiger partial charge < -0.3 is 14.7 Å². The summed E-state index contributed by atoms with van der Waals surface area (Å²) in [5.41, 5.74) is 0.929. The Morgan fingerprint density at radius 3 is 2.95 bits per heavy atom. The van der Waals surface area contributed by atoms with Crippen LogP contribution in [-0.2, 0) is 10.0 Å². The van der Waals surface area contributed by atoms with Crippen LogP contribution < -0.4 is 9.64 Å².